The van der Waals surface area contributed by atoms with E-state index in [1.807, 2.05) is 36.4 Å². The summed E-state index contributed by atoms with van der Waals surface area (Å²) < 4.78 is 17.2. The Labute approximate surface area is 214 Å². The topological polar surface area (TPSA) is 40.3 Å². The second-order valence-electron chi connectivity index (χ2n) is 7.18. The lowest BCUT2D eigenvalue weighted by atomic mass is 10.3. The first-order chi connectivity index (χ1) is 15.3. The van der Waals surface area contributed by atoms with Gasteiger partial charge in [-0.25, -0.2) is 4.67 Å². The van der Waals surface area contributed by atoms with Crippen molar-refractivity contribution in [1.82, 2.24) is 4.67 Å². The first-order valence-corrected chi connectivity index (χ1v) is 21.1. The molecule has 3 rings (SSSR count). The van der Waals surface area contributed by atoms with Crippen molar-refractivity contribution in [3.8, 4) is 0 Å². The van der Waals surface area contributed by atoms with Crippen LogP contribution in [0, 0.1) is 0 Å². The second kappa shape index (κ2) is 12.6. The number of rotatable bonds is 11. The Bertz CT molecular complexity index is 995. The molecule has 1 aliphatic heterocycles. The van der Waals surface area contributed by atoms with Gasteiger partial charge in [-0.1, -0.05) is 63.1 Å². The predicted molar refractivity (Wildman–Crippen MR) is 152 cm³/mol. The summed E-state index contributed by atoms with van der Waals surface area (Å²) in [5.41, 5.74) is -2.54. The van der Waals surface area contributed by atoms with Gasteiger partial charge < -0.3 is 0 Å². The van der Waals surface area contributed by atoms with Crippen LogP contribution < -0.4 is 0 Å². The molecule has 1 unspecified atom stereocenters. The molecule has 0 saturated carbocycles. The number of hydrogen-bond acceptors (Lipinski definition) is 6. The van der Waals surface area contributed by atoms with E-state index in [4.69, 9.17) is 47.3 Å². The maximum atomic E-state index is 7.32. The van der Waals surface area contributed by atoms with Crippen LogP contribution in [0.15, 0.2) is 84.0 Å². The van der Waals surface area contributed by atoms with Gasteiger partial charge >= 0.3 is 0 Å². The average Bonchev–Trinajstić information content (AvgIpc) is 2.73. The van der Waals surface area contributed by atoms with Gasteiger partial charge in [0.1, 0.15) is 0 Å². The third-order valence-corrected chi connectivity index (χ3v) is 23.4. The predicted octanol–water partition coefficient (Wildman–Crippen LogP) is 12.0. The molecule has 1 heterocycles. The van der Waals surface area contributed by atoms with Gasteiger partial charge in [0.15, 0.2) is 0 Å². The molecule has 0 amide bonds. The standard InChI is InChI=1S/C20H28Cl3N4P3S2/c1-3-5-17-27(18-6-4-2)29(23)24-28(21,22)25-30(26-29,31-19-13-9-7-10-14-19)32-20-15-11-8-12-16-20/h7-16H,3-6,17-18H2,1-2H3. The van der Waals surface area contributed by atoms with E-state index in [1.54, 1.807) is 22.8 Å². The molecular weight excluding hydrogens is 560 g/mol. The highest BCUT2D eigenvalue weighted by molar-refractivity contribution is 8.91. The average molecular weight is 588 g/mol. The van der Waals surface area contributed by atoms with E-state index in [9.17, 15) is 0 Å². The lowest BCUT2D eigenvalue weighted by molar-refractivity contribution is 0.431. The van der Waals surface area contributed by atoms with E-state index in [0.717, 1.165) is 48.6 Å². The van der Waals surface area contributed by atoms with Gasteiger partial charge in [0.2, 0.25) is 12.3 Å². The van der Waals surface area contributed by atoms with Crippen molar-refractivity contribution in [1.29, 1.82) is 0 Å². The molecule has 0 radical (unpaired) electrons. The van der Waals surface area contributed by atoms with Crippen LogP contribution in [0.25, 0.3) is 0 Å². The minimum Gasteiger partial charge on any atom is -0.240 e. The molecule has 2 aromatic rings. The highest BCUT2D eigenvalue weighted by Gasteiger charge is 2.39. The van der Waals surface area contributed by atoms with Crippen molar-refractivity contribution < 1.29 is 0 Å². The Hall–Kier alpha value is 0.660. The molecule has 2 aromatic carbocycles. The Balaban J connectivity index is 2.16. The molecule has 32 heavy (non-hydrogen) atoms. The van der Waals surface area contributed by atoms with Crippen LogP contribution in [0.4, 0.5) is 0 Å². The van der Waals surface area contributed by atoms with E-state index in [0.29, 0.717) is 0 Å². The first-order valence-electron chi connectivity index (χ1n) is 10.5. The monoisotopic (exact) mass is 586 g/mol. The quantitative estimate of drug-likeness (QED) is 0.246. The zero-order chi connectivity index (χ0) is 23.1. The van der Waals surface area contributed by atoms with Gasteiger partial charge in [0.25, 0.3) is 5.91 Å². The number of nitrogens with zero attached hydrogens (tertiary/aromatic N) is 4. The second-order valence-corrected chi connectivity index (χ2v) is 23.6. The van der Waals surface area contributed by atoms with E-state index in [-0.39, 0.29) is 0 Å². The molecule has 0 N–H and O–H groups in total. The van der Waals surface area contributed by atoms with Crippen LogP contribution in [0.1, 0.15) is 39.5 Å². The lowest BCUT2D eigenvalue weighted by Crippen LogP contribution is -2.20. The van der Waals surface area contributed by atoms with Gasteiger partial charge in [-0.15, -0.1) is 0 Å². The summed E-state index contributed by atoms with van der Waals surface area (Å²) >= 11 is 24.2. The highest BCUT2D eigenvalue weighted by atomic mass is 35.9. The Morgan fingerprint density at radius 1 is 0.719 bits per heavy atom. The minimum absolute atomic E-state index is 0.834. The zero-order valence-corrected chi connectivity index (χ0v) is 24.7. The molecule has 0 saturated heterocycles. The van der Waals surface area contributed by atoms with Crippen molar-refractivity contribution in [2.75, 3.05) is 13.1 Å². The van der Waals surface area contributed by atoms with Gasteiger partial charge in [-0.05, 0) is 93.6 Å². The van der Waals surface area contributed by atoms with Crippen molar-refractivity contribution in [2.45, 2.75) is 49.3 Å². The lowest BCUT2D eigenvalue weighted by Gasteiger charge is -2.34. The maximum Gasteiger partial charge on any atom is 0.257 e. The summed E-state index contributed by atoms with van der Waals surface area (Å²) in [5.74, 6) is -2.99. The van der Waals surface area contributed by atoms with Crippen LogP contribution in [-0.4, -0.2) is 17.8 Å². The SMILES string of the molecule is CCCCN(CCCC)P1(Cl)=NP(Sc2ccccc2)(Sc2ccccc2)=NP(Cl)(Cl)=N1. The summed E-state index contributed by atoms with van der Waals surface area (Å²) in [6.45, 7) is 3.23. The number of hydrogen-bond donors (Lipinski definition) is 0. The summed E-state index contributed by atoms with van der Waals surface area (Å²) in [5, 5.41) is 0. The van der Waals surface area contributed by atoms with Crippen molar-refractivity contribution in [3.05, 3.63) is 60.7 Å². The molecule has 0 aliphatic carbocycles. The molecule has 0 bridgehead atoms. The molecule has 4 nitrogen and oxygen atoms in total. The molecule has 12 heteroatoms. The van der Waals surface area contributed by atoms with E-state index < -0.39 is 18.2 Å². The van der Waals surface area contributed by atoms with Gasteiger partial charge in [-0.2, -0.15) is 13.5 Å². The molecular formula is C20H28Cl3N4P3S2. The number of halogens is 3. The third-order valence-electron chi connectivity index (χ3n) is 4.50. The summed E-state index contributed by atoms with van der Waals surface area (Å²) in [4.78, 5) is 2.15. The Kier molecular flexibility index (Phi) is 10.7. The van der Waals surface area contributed by atoms with Crippen molar-refractivity contribution in [2.24, 2.45) is 13.5 Å². The van der Waals surface area contributed by atoms with E-state index in [2.05, 4.69) is 42.8 Å². The normalized spacial score (nSPS) is 21.4. The van der Waals surface area contributed by atoms with Crippen LogP contribution in [-0.2, 0) is 0 Å². The molecule has 176 valence electrons. The zero-order valence-electron chi connectivity index (χ0n) is 18.1. The molecule has 0 aromatic heterocycles. The minimum atomic E-state index is -2.99. The van der Waals surface area contributed by atoms with Crippen LogP contribution >= 0.6 is 74.7 Å². The van der Waals surface area contributed by atoms with Gasteiger partial charge in [-0.3, -0.25) is 0 Å². The summed E-state index contributed by atoms with van der Waals surface area (Å²) in [7, 11) is 0. The smallest absolute Gasteiger partial charge is 0.240 e. The maximum absolute atomic E-state index is 7.32. The van der Waals surface area contributed by atoms with Crippen LogP contribution in [0.5, 0.6) is 0 Å². The van der Waals surface area contributed by atoms with Gasteiger partial charge in [0.05, 0.1) is 0 Å². The summed E-state index contributed by atoms with van der Waals surface area (Å²) in [6.07, 6.45) is 4.20. The fraction of sp³-hybridized carbons (Fsp3) is 0.400. The third kappa shape index (κ3) is 7.84. The molecule has 1 aliphatic rings. The first kappa shape index (κ1) is 27.3. The van der Waals surface area contributed by atoms with E-state index in [1.165, 1.54) is 0 Å². The van der Waals surface area contributed by atoms with Crippen LogP contribution in [0.3, 0.4) is 0 Å². The van der Waals surface area contributed by atoms with Crippen LogP contribution in [0.2, 0.25) is 0 Å². The Morgan fingerprint density at radius 3 is 1.62 bits per heavy atom. The molecule has 0 spiro atoms. The molecule has 1 atom stereocenters. The van der Waals surface area contributed by atoms with Gasteiger partial charge in [0, 0.05) is 22.9 Å². The largest absolute Gasteiger partial charge is 0.257 e. The highest BCUT2D eigenvalue weighted by Crippen LogP contribution is 2.92. The fourth-order valence-corrected chi connectivity index (χ4v) is 29.0. The Morgan fingerprint density at radius 2 is 1.19 bits per heavy atom. The number of unbranched alkanes of at least 4 members (excludes halogenated alkanes) is 2. The van der Waals surface area contributed by atoms with E-state index >= 15 is 0 Å². The van der Waals surface area contributed by atoms with Crippen molar-refractivity contribution in [3.63, 3.8) is 0 Å². The number of benzene rings is 2. The molecule has 0 fully saturated rings. The van der Waals surface area contributed by atoms with Crippen molar-refractivity contribution >= 4 is 74.7 Å². The summed E-state index contributed by atoms with van der Waals surface area (Å²) in [6, 6.07) is 20.3. The fourth-order valence-electron chi connectivity index (χ4n) is 2.96.